The fourth-order valence-corrected chi connectivity index (χ4v) is 2.54. The molecule has 1 aromatic carbocycles. The van der Waals surface area contributed by atoms with Crippen LogP contribution in [0.5, 0.6) is 0 Å². The molecule has 1 saturated heterocycles. The van der Waals surface area contributed by atoms with E-state index in [2.05, 4.69) is 58.6 Å². The number of rotatable bonds is 6. The molecule has 0 atom stereocenters. The first-order chi connectivity index (χ1) is 10.8. The zero-order valence-corrected chi connectivity index (χ0v) is 13.8. The Labute approximate surface area is 133 Å². The van der Waals surface area contributed by atoms with Crippen LogP contribution in [0.1, 0.15) is 25.0 Å². The normalized spacial score (nSPS) is 15.4. The number of nitrogens with one attached hydrogen (secondary N) is 2. The average Bonchev–Trinajstić information content (AvgIpc) is 2.55. The van der Waals surface area contributed by atoms with Crippen LogP contribution in [0.3, 0.4) is 0 Å². The van der Waals surface area contributed by atoms with Crippen molar-refractivity contribution < 1.29 is 4.74 Å². The van der Waals surface area contributed by atoms with Crippen LogP contribution in [0.25, 0.3) is 0 Å². The highest BCUT2D eigenvalue weighted by molar-refractivity contribution is 5.79. The SMILES string of the molecule is CCNC(=NCc1ccccc1CN1CCOCC1)NCC. The minimum absolute atomic E-state index is 0.704. The third-order valence-corrected chi connectivity index (χ3v) is 3.71. The molecule has 122 valence electrons. The zero-order valence-electron chi connectivity index (χ0n) is 13.8. The number of benzene rings is 1. The Morgan fingerprint density at radius 1 is 1.09 bits per heavy atom. The summed E-state index contributed by atoms with van der Waals surface area (Å²) in [6.45, 7) is 11.3. The molecule has 0 radical (unpaired) electrons. The van der Waals surface area contributed by atoms with Crippen LogP contribution in [0, 0.1) is 0 Å². The quantitative estimate of drug-likeness (QED) is 0.619. The summed E-state index contributed by atoms with van der Waals surface area (Å²) < 4.78 is 5.42. The smallest absolute Gasteiger partial charge is 0.191 e. The Balaban J connectivity index is 2.01. The average molecular weight is 304 g/mol. The third-order valence-electron chi connectivity index (χ3n) is 3.71. The van der Waals surface area contributed by atoms with Crippen molar-refractivity contribution >= 4 is 5.96 Å². The highest BCUT2D eigenvalue weighted by Gasteiger charge is 2.12. The highest BCUT2D eigenvalue weighted by Crippen LogP contribution is 2.14. The first kappa shape index (κ1) is 16.8. The summed E-state index contributed by atoms with van der Waals surface area (Å²) in [7, 11) is 0. The van der Waals surface area contributed by atoms with Gasteiger partial charge >= 0.3 is 0 Å². The molecule has 0 amide bonds. The molecule has 0 aromatic heterocycles. The number of hydrogen-bond acceptors (Lipinski definition) is 3. The second kappa shape index (κ2) is 9.43. The van der Waals surface area contributed by atoms with Crippen molar-refractivity contribution in [1.82, 2.24) is 15.5 Å². The van der Waals surface area contributed by atoms with Crippen LogP contribution >= 0.6 is 0 Å². The molecule has 1 aliphatic heterocycles. The van der Waals surface area contributed by atoms with Crippen molar-refractivity contribution in [3.05, 3.63) is 35.4 Å². The standard InChI is InChI=1S/C17H28N4O/c1-3-18-17(19-4-2)20-13-15-7-5-6-8-16(15)14-21-9-11-22-12-10-21/h5-8H,3-4,9-14H2,1-2H3,(H2,18,19,20). The summed E-state index contributed by atoms with van der Waals surface area (Å²) in [6.07, 6.45) is 0. The van der Waals surface area contributed by atoms with Gasteiger partial charge in [0.2, 0.25) is 0 Å². The molecule has 1 fully saturated rings. The van der Waals surface area contributed by atoms with E-state index in [0.29, 0.717) is 6.54 Å². The molecule has 22 heavy (non-hydrogen) atoms. The largest absolute Gasteiger partial charge is 0.379 e. The van der Waals surface area contributed by atoms with Gasteiger partial charge in [-0.05, 0) is 25.0 Å². The van der Waals surface area contributed by atoms with Gasteiger partial charge in [0, 0.05) is 32.7 Å². The topological polar surface area (TPSA) is 48.9 Å². The lowest BCUT2D eigenvalue weighted by molar-refractivity contribution is 0.0341. The lowest BCUT2D eigenvalue weighted by Gasteiger charge is -2.27. The zero-order chi connectivity index (χ0) is 15.6. The van der Waals surface area contributed by atoms with E-state index < -0.39 is 0 Å². The van der Waals surface area contributed by atoms with Gasteiger partial charge in [-0.3, -0.25) is 4.90 Å². The molecule has 2 rings (SSSR count). The Hall–Kier alpha value is -1.59. The third kappa shape index (κ3) is 5.31. The maximum absolute atomic E-state index is 5.42. The summed E-state index contributed by atoms with van der Waals surface area (Å²) in [5.74, 6) is 0.881. The molecule has 0 saturated carbocycles. The molecular weight excluding hydrogens is 276 g/mol. The van der Waals surface area contributed by atoms with Crippen LogP contribution in [0.4, 0.5) is 0 Å². The summed E-state index contributed by atoms with van der Waals surface area (Å²) in [6, 6.07) is 8.58. The number of aliphatic imine (C=N–C) groups is 1. The molecule has 2 N–H and O–H groups in total. The predicted molar refractivity (Wildman–Crippen MR) is 91.0 cm³/mol. The van der Waals surface area contributed by atoms with E-state index in [1.807, 2.05) is 0 Å². The van der Waals surface area contributed by atoms with Gasteiger partial charge in [0.05, 0.1) is 19.8 Å². The summed E-state index contributed by atoms with van der Waals surface area (Å²) in [5.41, 5.74) is 2.66. The van der Waals surface area contributed by atoms with E-state index in [4.69, 9.17) is 4.74 Å². The lowest BCUT2D eigenvalue weighted by atomic mass is 10.1. The lowest BCUT2D eigenvalue weighted by Crippen LogP contribution is -2.37. The second-order valence-corrected chi connectivity index (χ2v) is 5.38. The van der Waals surface area contributed by atoms with Crippen molar-refractivity contribution in [3.8, 4) is 0 Å². The van der Waals surface area contributed by atoms with Gasteiger partial charge < -0.3 is 15.4 Å². The maximum Gasteiger partial charge on any atom is 0.191 e. The minimum Gasteiger partial charge on any atom is -0.379 e. The molecule has 5 heteroatoms. The monoisotopic (exact) mass is 304 g/mol. The highest BCUT2D eigenvalue weighted by atomic mass is 16.5. The molecule has 1 aliphatic rings. The molecule has 5 nitrogen and oxygen atoms in total. The summed E-state index contributed by atoms with van der Waals surface area (Å²) in [4.78, 5) is 7.12. The van der Waals surface area contributed by atoms with Gasteiger partial charge in [-0.25, -0.2) is 4.99 Å². The molecule has 0 unspecified atom stereocenters. The molecule has 0 bridgehead atoms. The second-order valence-electron chi connectivity index (χ2n) is 5.38. The van der Waals surface area contributed by atoms with Gasteiger partial charge in [-0.15, -0.1) is 0 Å². The Bertz CT molecular complexity index is 461. The number of hydrogen-bond donors (Lipinski definition) is 2. The van der Waals surface area contributed by atoms with Crippen molar-refractivity contribution in [3.63, 3.8) is 0 Å². The van der Waals surface area contributed by atoms with E-state index in [9.17, 15) is 0 Å². The number of ether oxygens (including phenoxy) is 1. The van der Waals surface area contributed by atoms with Crippen molar-refractivity contribution in [2.24, 2.45) is 4.99 Å². The minimum atomic E-state index is 0.704. The molecule has 0 spiro atoms. The van der Waals surface area contributed by atoms with Gasteiger partial charge in [0.15, 0.2) is 5.96 Å². The fraction of sp³-hybridized carbons (Fsp3) is 0.588. The van der Waals surface area contributed by atoms with Gasteiger partial charge in [0.1, 0.15) is 0 Å². The first-order valence-corrected chi connectivity index (χ1v) is 8.22. The number of nitrogens with zero attached hydrogens (tertiary/aromatic N) is 2. The van der Waals surface area contributed by atoms with Crippen LogP contribution in [-0.2, 0) is 17.8 Å². The Morgan fingerprint density at radius 2 is 1.73 bits per heavy atom. The Kier molecular flexibility index (Phi) is 7.19. The number of morpholine rings is 1. The Morgan fingerprint density at radius 3 is 2.36 bits per heavy atom. The van der Waals surface area contributed by atoms with Crippen LogP contribution in [-0.4, -0.2) is 50.3 Å². The van der Waals surface area contributed by atoms with Crippen molar-refractivity contribution in [2.45, 2.75) is 26.9 Å². The summed E-state index contributed by atoms with van der Waals surface area (Å²) in [5, 5.41) is 6.53. The van der Waals surface area contributed by atoms with Crippen LogP contribution < -0.4 is 10.6 Å². The van der Waals surface area contributed by atoms with E-state index in [1.54, 1.807) is 0 Å². The molecule has 0 aliphatic carbocycles. The molecule has 1 aromatic rings. The van der Waals surface area contributed by atoms with E-state index in [-0.39, 0.29) is 0 Å². The van der Waals surface area contributed by atoms with Gasteiger partial charge in [-0.2, -0.15) is 0 Å². The predicted octanol–water partition coefficient (Wildman–Crippen LogP) is 1.59. The first-order valence-electron chi connectivity index (χ1n) is 8.22. The summed E-state index contributed by atoms with van der Waals surface area (Å²) >= 11 is 0. The van der Waals surface area contributed by atoms with Gasteiger partial charge in [-0.1, -0.05) is 24.3 Å². The molecular formula is C17H28N4O. The van der Waals surface area contributed by atoms with Crippen LogP contribution in [0.2, 0.25) is 0 Å². The van der Waals surface area contributed by atoms with Gasteiger partial charge in [0.25, 0.3) is 0 Å². The van der Waals surface area contributed by atoms with E-state index in [0.717, 1.165) is 51.9 Å². The maximum atomic E-state index is 5.42. The number of guanidine groups is 1. The fourth-order valence-electron chi connectivity index (χ4n) is 2.54. The van der Waals surface area contributed by atoms with Crippen molar-refractivity contribution in [1.29, 1.82) is 0 Å². The molecule has 1 heterocycles. The van der Waals surface area contributed by atoms with E-state index >= 15 is 0 Å². The van der Waals surface area contributed by atoms with E-state index in [1.165, 1.54) is 11.1 Å². The van der Waals surface area contributed by atoms with Crippen molar-refractivity contribution in [2.75, 3.05) is 39.4 Å². The van der Waals surface area contributed by atoms with Crippen LogP contribution in [0.15, 0.2) is 29.3 Å².